The van der Waals surface area contributed by atoms with Gasteiger partial charge in [0.15, 0.2) is 0 Å². The predicted molar refractivity (Wildman–Crippen MR) is 84.1 cm³/mol. The van der Waals surface area contributed by atoms with Crippen LogP contribution < -0.4 is 11.0 Å². The maximum Gasteiger partial charge on any atom is 0.323 e. The molecule has 0 aliphatic rings. The molecule has 0 aliphatic carbocycles. The molecule has 0 fully saturated rings. The van der Waals surface area contributed by atoms with Crippen LogP contribution in [0.5, 0.6) is 5.75 Å². The normalized spacial score (nSPS) is 12.5. The maximum absolute atomic E-state index is 11.3. The minimum absolute atomic E-state index is 0.0217. The van der Waals surface area contributed by atoms with Gasteiger partial charge < -0.3 is 20.4 Å². The molecule has 0 bridgehead atoms. The Morgan fingerprint density at radius 2 is 1.90 bits per heavy atom. The fourth-order valence-electron chi connectivity index (χ4n) is 2.25. The van der Waals surface area contributed by atoms with Crippen molar-refractivity contribution < 1.29 is 5.11 Å². The summed E-state index contributed by atoms with van der Waals surface area (Å²) in [5.74, 6) is 0.0567. The van der Waals surface area contributed by atoms with Gasteiger partial charge in [-0.1, -0.05) is 17.7 Å². The minimum atomic E-state index is -0.215. The Bertz CT molecular complexity index is 853. The Kier molecular flexibility index (Phi) is 3.35. The molecule has 0 saturated heterocycles. The zero-order valence-electron chi connectivity index (χ0n) is 11.3. The van der Waals surface area contributed by atoms with Crippen LogP contribution in [0.2, 0.25) is 5.02 Å². The number of aromatic nitrogens is 2. The average Bonchev–Trinajstić information content (AvgIpc) is 2.82. The van der Waals surface area contributed by atoms with Crippen LogP contribution in [0, 0.1) is 0 Å². The first-order valence-corrected chi connectivity index (χ1v) is 6.88. The van der Waals surface area contributed by atoms with Crippen molar-refractivity contribution in [2.45, 2.75) is 13.0 Å². The Morgan fingerprint density at radius 1 is 1.14 bits per heavy atom. The Balaban J connectivity index is 1.87. The van der Waals surface area contributed by atoms with Crippen LogP contribution in [0.1, 0.15) is 18.5 Å². The topological polar surface area (TPSA) is 80.9 Å². The summed E-state index contributed by atoms with van der Waals surface area (Å²) < 4.78 is 0. The van der Waals surface area contributed by atoms with Crippen LogP contribution in [-0.2, 0) is 0 Å². The molecule has 0 aliphatic heterocycles. The summed E-state index contributed by atoms with van der Waals surface area (Å²) in [6.07, 6.45) is 0. The molecule has 108 valence electrons. The highest BCUT2D eigenvalue weighted by Gasteiger charge is 2.08. The smallest absolute Gasteiger partial charge is 0.323 e. The molecule has 6 heteroatoms. The van der Waals surface area contributed by atoms with E-state index >= 15 is 0 Å². The first-order chi connectivity index (χ1) is 10.0. The molecule has 1 atom stereocenters. The zero-order valence-corrected chi connectivity index (χ0v) is 12.0. The van der Waals surface area contributed by atoms with Crippen molar-refractivity contribution >= 4 is 28.3 Å². The van der Waals surface area contributed by atoms with Crippen molar-refractivity contribution in [3.63, 3.8) is 0 Å². The van der Waals surface area contributed by atoms with Gasteiger partial charge in [-0.3, -0.25) is 0 Å². The Morgan fingerprint density at radius 3 is 2.67 bits per heavy atom. The summed E-state index contributed by atoms with van der Waals surface area (Å²) in [5.41, 5.74) is 3.18. The lowest BCUT2D eigenvalue weighted by Crippen LogP contribution is -2.06. The second kappa shape index (κ2) is 5.18. The van der Waals surface area contributed by atoms with E-state index < -0.39 is 0 Å². The van der Waals surface area contributed by atoms with E-state index in [4.69, 9.17) is 11.6 Å². The van der Waals surface area contributed by atoms with Crippen LogP contribution in [0.25, 0.3) is 11.0 Å². The molecule has 4 N–H and O–H groups in total. The van der Waals surface area contributed by atoms with Crippen LogP contribution in [0.4, 0.5) is 5.69 Å². The van der Waals surface area contributed by atoms with E-state index in [1.807, 2.05) is 25.1 Å². The van der Waals surface area contributed by atoms with Crippen molar-refractivity contribution in [1.82, 2.24) is 9.97 Å². The number of imidazole rings is 1. The summed E-state index contributed by atoms with van der Waals surface area (Å²) in [6.45, 7) is 2.01. The minimum Gasteiger partial charge on any atom is -0.506 e. The van der Waals surface area contributed by atoms with Crippen molar-refractivity contribution in [3.05, 3.63) is 57.5 Å². The number of H-pyrrole nitrogens is 2. The Labute approximate surface area is 125 Å². The lowest BCUT2D eigenvalue weighted by Gasteiger charge is -2.16. The molecule has 0 amide bonds. The number of benzene rings is 2. The van der Waals surface area contributed by atoms with Crippen molar-refractivity contribution in [1.29, 1.82) is 0 Å². The Hall–Kier alpha value is -2.40. The van der Waals surface area contributed by atoms with Gasteiger partial charge in [-0.05, 0) is 42.8 Å². The number of anilines is 1. The van der Waals surface area contributed by atoms with Gasteiger partial charge in [0.1, 0.15) is 5.75 Å². The third-order valence-electron chi connectivity index (χ3n) is 3.37. The van der Waals surface area contributed by atoms with Crippen LogP contribution in [0.3, 0.4) is 0 Å². The summed E-state index contributed by atoms with van der Waals surface area (Å²) in [7, 11) is 0. The highest BCUT2D eigenvalue weighted by molar-refractivity contribution is 6.32. The number of rotatable bonds is 3. The van der Waals surface area contributed by atoms with Gasteiger partial charge in [-0.15, -0.1) is 0 Å². The standard InChI is InChI=1S/C15H14ClN3O2/c1-8(17-10-3-5-14(20)11(16)7-10)9-2-4-12-13(6-9)19-15(21)18-12/h2-8,17,20H,1H3,(H2,18,19,21). The summed E-state index contributed by atoms with van der Waals surface area (Å²) in [5, 5.41) is 13.0. The molecule has 3 aromatic rings. The highest BCUT2D eigenvalue weighted by atomic mass is 35.5. The van der Waals surface area contributed by atoms with Crippen LogP contribution in [0.15, 0.2) is 41.2 Å². The van der Waals surface area contributed by atoms with Gasteiger partial charge in [-0.25, -0.2) is 4.79 Å². The maximum atomic E-state index is 11.3. The second-order valence-electron chi connectivity index (χ2n) is 4.92. The molecular weight excluding hydrogens is 290 g/mol. The lowest BCUT2D eigenvalue weighted by atomic mass is 10.1. The fourth-order valence-corrected chi connectivity index (χ4v) is 2.43. The SMILES string of the molecule is CC(Nc1ccc(O)c(Cl)c1)c1ccc2[nH]c(=O)[nH]c2c1. The van der Waals surface area contributed by atoms with Gasteiger partial charge in [0.2, 0.25) is 0 Å². The molecule has 0 spiro atoms. The zero-order chi connectivity index (χ0) is 15.0. The fraction of sp³-hybridized carbons (Fsp3) is 0.133. The quantitative estimate of drug-likeness (QED) is 0.560. The molecular formula is C15H14ClN3O2. The van der Waals surface area contributed by atoms with Crippen molar-refractivity contribution in [3.8, 4) is 5.75 Å². The number of fused-ring (bicyclic) bond motifs is 1. The number of aromatic amines is 2. The monoisotopic (exact) mass is 303 g/mol. The summed E-state index contributed by atoms with van der Waals surface area (Å²) in [6, 6.07) is 10.7. The molecule has 1 aromatic heterocycles. The molecule has 0 radical (unpaired) electrons. The number of aromatic hydroxyl groups is 1. The second-order valence-corrected chi connectivity index (χ2v) is 5.32. The molecule has 21 heavy (non-hydrogen) atoms. The summed E-state index contributed by atoms with van der Waals surface area (Å²) >= 11 is 5.89. The van der Waals surface area contributed by atoms with Crippen molar-refractivity contribution in [2.75, 3.05) is 5.32 Å². The number of phenolic OH excluding ortho intramolecular Hbond substituents is 1. The van der Waals surface area contributed by atoms with Gasteiger partial charge in [-0.2, -0.15) is 0 Å². The molecule has 0 saturated carbocycles. The van der Waals surface area contributed by atoms with Gasteiger partial charge in [0.05, 0.1) is 16.1 Å². The number of halogens is 1. The number of hydrogen-bond acceptors (Lipinski definition) is 3. The van der Waals surface area contributed by atoms with E-state index in [1.54, 1.807) is 18.2 Å². The average molecular weight is 304 g/mol. The first-order valence-electron chi connectivity index (χ1n) is 6.50. The largest absolute Gasteiger partial charge is 0.506 e. The predicted octanol–water partition coefficient (Wildman–Crippen LogP) is 3.39. The molecule has 2 aromatic carbocycles. The third-order valence-corrected chi connectivity index (χ3v) is 3.67. The van der Waals surface area contributed by atoms with Gasteiger partial charge in [0, 0.05) is 11.7 Å². The van der Waals surface area contributed by atoms with E-state index in [2.05, 4.69) is 15.3 Å². The van der Waals surface area contributed by atoms with E-state index in [1.165, 1.54) is 0 Å². The van der Waals surface area contributed by atoms with Crippen LogP contribution >= 0.6 is 11.6 Å². The van der Waals surface area contributed by atoms with E-state index in [0.717, 1.165) is 22.3 Å². The summed E-state index contributed by atoms with van der Waals surface area (Å²) in [4.78, 5) is 16.7. The van der Waals surface area contributed by atoms with E-state index in [0.29, 0.717) is 5.02 Å². The van der Waals surface area contributed by atoms with Crippen LogP contribution in [-0.4, -0.2) is 15.1 Å². The van der Waals surface area contributed by atoms with E-state index in [-0.39, 0.29) is 17.5 Å². The molecule has 1 heterocycles. The van der Waals surface area contributed by atoms with E-state index in [9.17, 15) is 9.90 Å². The molecule has 5 nitrogen and oxygen atoms in total. The molecule has 3 rings (SSSR count). The highest BCUT2D eigenvalue weighted by Crippen LogP contribution is 2.28. The van der Waals surface area contributed by atoms with Crippen molar-refractivity contribution in [2.24, 2.45) is 0 Å². The third kappa shape index (κ3) is 2.73. The number of phenols is 1. The number of nitrogens with one attached hydrogen (secondary N) is 3. The molecule has 1 unspecified atom stereocenters. The van der Waals surface area contributed by atoms with Gasteiger partial charge in [0.25, 0.3) is 0 Å². The van der Waals surface area contributed by atoms with Gasteiger partial charge >= 0.3 is 5.69 Å². The number of hydrogen-bond donors (Lipinski definition) is 4. The lowest BCUT2D eigenvalue weighted by molar-refractivity contribution is 0.475. The first kappa shape index (κ1) is 13.6.